The van der Waals surface area contributed by atoms with Crippen LogP contribution in [-0.2, 0) is 17.6 Å². The second-order valence-corrected chi connectivity index (χ2v) is 5.86. The van der Waals surface area contributed by atoms with Crippen molar-refractivity contribution < 1.29 is 19.1 Å². The number of furan rings is 1. The Morgan fingerprint density at radius 3 is 2.54 bits per heavy atom. The minimum absolute atomic E-state index is 0.00910. The Morgan fingerprint density at radius 2 is 1.96 bits per heavy atom. The molecule has 1 unspecified atom stereocenters. The lowest BCUT2D eigenvalue weighted by atomic mass is 10.0. The molecule has 0 saturated carbocycles. The van der Waals surface area contributed by atoms with Crippen molar-refractivity contribution >= 4 is 11.9 Å². The maximum atomic E-state index is 12.4. The molecule has 2 N–H and O–H groups in total. The predicted molar refractivity (Wildman–Crippen MR) is 91.1 cm³/mol. The van der Waals surface area contributed by atoms with Gasteiger partial charge in [-0.05, 0) is 37.0 Å². The van der Waals surface area contributed by atoms with Crippen molar-refractivity contribution in [2.45, 2.75) is 45.6 Å². The van der Waals surface area contributed by atoms with Crippen molar-refractivity contribution in [2.24, 2.45) is 0 Å². The van der Waals surface area contributed by atoms with Gasteiger partial charge in [0.2, 0.25) is 0 Å². The lowest BCUT2D eigenvalue weighted by molar-refractivity contribution is -0.137. The number of carboxylic acids is 1. The molecule has 1 aromatic carbocycles. The molecular formula is C19H23NO4. The zero-order chi connectivity index (χ0) is 17.5. The third kappa shape index (κ3) is 4.98. The monoisotopic (exact) mass is 329 g/mol. The number of benzene rings is 1. The minimum atomic E-state index is -0.871. The van der Waals surface area contributed by atoms with Crippen molar-refractivity contribution in [1.82, 2.24) is 5.32 Å². The number of rotatable bonds is 8. The summed E-state index contributed by atoms with van der Waals surface area (Å²) in [5, 5.41) is 11.8. The van der Waals surface area contributed by atoms with Crippen LogP contribution in [0.3, 0.4) is 0 Å². The van der Waals surface area contributed by atoms with Crippen molar-refractivity contribution in [3.8, 4) is 0 Å². The van der Waals surface area contributed by atoms with Gasteiger partial charge in [-0.1, -0.05) is 37.3 Å². The second kappa shape index (κ2) is 8.34. The highest BCUT2D eigenvalue weighted by molar-refractivity contribution is 5.92. The van der Waals surface area contributed by atoms with Crippen molar-refractivity contribution in [3.63, 3.8) is 0 Å². The van der Waals surface area contributed by atoms with Crippen LogP contribution >= 0.6 is 0 Å². The van der Waals surface area contributed by atoms with Gasteiger partial charge in [-0.25, -0.2) is 0 Å². The molecule has 0 saturated heterocycles. The smallest absolute Gasteiger partial charge is 0.303 e. The van der Waals surface area contributed by atoms with E-state index < -0.39 is 5.97 Å². The van der Waals surface area contributed by atoms with E-state index in [2.05, 4.69) is 5.32 Å². The van der Waals surface area contributed by atoms with E-state index in [1.807, 2.05) is 44.2 Å². The van der Waals surface area contributed by atoms with Crippen LogP contribution in [0.1, 0.15) is 47.2 Å². The molecular weight excluding hydrogens is 306 g/mol. The summed E-state index contributed by atoms with van der Waals surface area (Å²) >= 11 is 0. The summed E-state index contributed by atoms with van der Waals surface area (Å²) in [6, 6.07) is 11.2. The fourth-order valence-corrected chi connectivity index (χ4v) is 2.66. The molecule has 0 radical (unpaired) electrons. The molecule has 1 atom stereocenters. The summed E-state index contributed by atoms with van der Waals surface area (Å²) in [6.45, 7) is 3.88. The van der Waals surface area contributed by atoms with Crippen LogP contribution in [0.2, 0.25) is 0 Å². The highest BCUT2D eigenvalue weighted by Crippen LogP contribution is 2.16. The lowest BCUT2D eigenvalue weighted by Crippen LogP contribution is -2.36. The molecule has 0 aliphatic carbocycles. The number of aryl methyl sites for hydroxylation is 2. The quantitative estimate of drug-likeness (QED) is 0.778. The molecule has 24 heavy (non-hydrogen) atoms. The van der Waals surface area contributed by atoms with E-state index >= 15 is 0 Å². The first-order chi connectivity index (χ1) is 11.5. The van der Waals surface area contributed by atoms with Crippen molar-refractivity contribution in [1.29, 1.82) is 0 Å². The summed E-state index contributed by atoms with van der Waals surface area (Å²) in [5.41, 5.74) is 2.01. The molecule has 0 bridgehead atoms. The van der Waals surface area contributed by atoms with E-state index in [0.29, 0.717) is 12.8 Å². The van der Waals surface area contributed by atoms with E-state index in [1.54, 1.807) is 6.07 Å². The average molecular weight is 329 g/mol. The average Bonchev–Trinajstić information content (AvgIpc) is 2.94. The summed E-state index contributed by atoms with van der Waals surface area (Å²) in [5.74, 6) is -0.100. The van der Waals surface area contributed by atoms with E-state index in [-0.39, 0.29) is 24.1 Å². The Hall–Kier alpha value is -2.56. The fraction of sp³-hybridized carbons (Fsp3) is 0.368. The van der Waals surface area contributed by atoms with Gasteiger partial charge < -0.3 is 14.8 Å². The van der Waals surface area contributed by atoms with Crippen molar-refractivity contribution in [2.75, 3.05) is 0 Å². The van der Waals surface area contributed by atoms with Gasteiger partial charge in [0.05, 0.1) is 0 Å². The Kier molecular flexibility index (Phi) is 6.18. The van der Waals surface area contributed by atoms with Gasteiger partial charge in [-0.15, -0.1) is 0 Å². The van der Waals surface area contributed by atoms with Crippen LogP contribution in [-0.4, -0.2) is 23.0 Å². The molecule has 1 aromatic heterocycles. The Balaban J connectivity index is 2.07. The van der Waals surface area contributed by atoms with Crippen LogP contribution in [0.15, 0.2) is 40.8 Å². The first-order valence-corrected chi connectivity index (χ1v) is 8.15. The van der Waals surface area contributed by atoms with Crippen LogP contribution in [0.25, 0.3) is 0 Å². The maximum absolute atomic E-state index is 12.4. The van der Waals surface area contributed by atoms with Crippen LogP contribution in [0.4, 0.5) is 0 Å². The predicted octanol–water partition coefficient (Wildman–Crippen LogP) is 3.36. The standard InChI is InChI=1S/C19H23NO4/c1-3-16-13(2)11-17(24-16)19(23)20-15(9-10-18(21)22)12-14-7-5-4-6-8-14/h4-8,11,15H,3,9-10,12H2,1-2H3,(H,20,23)(H,21,22). The number of carbonyl (C=O) groups is 2. The summed E-state index contributed by atoms with van der Waals surface area (Å²) < 4.78 is 5.57. The molecule has 2 rings (SSSR count). The first kappa shape index (κ1) is 17.8. The SMILES string of the molecule is CCc1oc(C(=O)NC(CCC(=O)O)Cc2ccccc2)cc1C. The van der Waals surface area contributed by atoms with Crippen molar-refractivity contribution in [3.05, 3.63) is 59.0 Å². The number of aliphatic carboxylic acids is 1. The fourth-order valence-electron chi connectivity index (χ4n) is 2.66. The number of nitrogens with one attached hydrogen (secondary N) is 1. The zero-order valence-electron chi connectivity index (χ0n) is 14.0. The first-order valence-electron chi connectivity index (χ1n) is 8.15. The van der Waals surface area contributed by atoms with E-state index in [4.69, 9.17) is 9.52 Å². The van der Waals surface area contributed by atoms with Gasteiger partial charge in [0.25, 0.3) is 5.91 Å². The highest BCUT2D eigenvalue weighted by Gasteiger charge is 2.19. The van der Waals surface area contributed by atoms with Gasteiger partial charge >= 0.3 is 5.97 Å². The molecule has 0 spiro atoms. The third-order valence-corrected chi connectivity index (χ3v) is 3.93. The molecule has 5 heteroatoms. The molecule has 128 valence electrons. The van der Waals surface area contributed by atoms with E-state index in [1.165, 1.54) is 0 Å². The van der Waals surface area contributed by atoms with Gasteiger partial charge in [0, 0.05) is 18.9 Å². The second-order valence-electron chi connectivity index (χ2n) is 5.86. The molecule has 0 fully saturated rings. The van der Waals surface area contributed by atoms with Crippen LogP contribution < -0.4 is 5.32 Å². The van der Waals surface area contributed by atoms with Crippen LogP contribution in [0, 0.1) is 6.92 Å². The summed E-state index contributed by atoms with van der Waals surface area (Å²) in [7, 11) is 0. The van der Waals surface area contributed by atoms with Gasteiger partial charge in [-0.3, -0.25) is 9.59 Å². The number of amides is 1. The molecule has 0 aliphatic rings. The number of carboxylic acid groups (broad SMARTS) is 1. The summed E-state index contributed by atoms with van der Waals surface area (Å²) in [4.78, 5) is 23.3. The minimum Gasteiger partial charge on any atom is -0.481 e. The Morgan fingerprint density at radius 1 is 1.25 bits per heavy atom. The molecule has 0 aliphatic heterocycles. The molecule has 5 nitrogen and oxygen atoms in total. The Labute approximate surface area is 141 Å². The van der Waals surface area contributed by atoms with Gasteiger partial charge in [0.15, 0.2) is 5.76 Å². The largest absolute Gasteiger partial charge is 0.481 e. The maximum Gasteiger partial charge on any atom is 0.303 e. The van der Waals surface area contributed by atoms with E-state index in [0.717, 1.165) is 23.3 Å². The number of hydrogen-bond acceptors (Lipinski definition) is 3. The number of hydrogen-bond donors (Lipinski definition) is 2. The molecule has 1 amide bonds. The third-order valence-electron chi connectivity index (χ3n) is 3.93. The number of carbonyl (C=O) groups excluding carboxylic acids is 1. The normalized spacial score (nSPS) is 11.9. The highest BCUT2D eigenvalue weighted by atomic mass is 16.4. The van der Waals surface area contributed by atoms with Gasteiger partial charge in [-0.2, -0.15) is 0 Å². The Bertz CT molecular complexity index is 691. The topological polar surface area (TPSA) is 79.5 Å². The van der Waals surface area contributed by atoms with Gasteiger partial charge in [0.1, 0.15) is 5.76 Å². The molecule has 2 aromatic rings. The lowest BCUT2D eigenvalue weighted by Gasteiger charge is -2.17. The molecule has 1 heterocycles. The van der Waals surface area contributed by atoms with E-state index in [9.17, 15) is 9.59 Å². The summed E-state index contributed by atoms with van der Waals surface area (Å²) in [6.07, 6.45) is 1.69. The van der Waals surface area contributed by atoms with Crippen LogP contribution in [0.5, 0.6) is 0 Å². The zero-order valence-corrected chi connectivity index (χ0v) is 14.0.